The van der Waals surface area contributed by atoms with Gasteiger partial charge in [-0.1, -0.05) is 0 Å². The standard InChI is InChI=1S/C13H9.C4H10N.C3H9OSi.CH3O.CH3.CH2.2ClH.Ti/c1-3-7-12-10(5-1)9-11-6-2-4-8-13(11)12;1-4(2,3)5;1-5(2,3)4;1-2;;;;;/h1-9H;5H,1-3H3;1-3H3;1H3;1H3;1H2;2*1H;/q;3*-1;;;;;+3. The molecule has 0 atom stereocenters. The minimum absolute atomic E-state index is 0. The molecule has 0 radical (unpaired) electrons. The SMILES string of the molecule is Cl.Cl.[CH2]=[Ti]([CH3])([NH]C(C)(C)C)([O]C)([O][Si](C)(C)C)[CH]1c2ccccc2-c2ccccc21. The molecule has 3 rings (SSSR count). The van der Waals surface area contributed by atoms with Crippen molar-refractivity contribution in [2.75, 3.05) is 7.11 Å². The Bertz CT molecular complexity index is 959. The van der Waals surface area contributed by atoms with Crippen LogP contribution in [0.3, 0.4) is 0 Å². The van der Waals surface area contributed by atoms with E-state index in [0.717, 1.165) is 0 Å². The molecule has 3 nitrogen and oxygen atoms in total. The predicted octanol–water partition coefficient (Wildman–Crippen LogP) is 6.94. The Morgan fingerprint density at radius 3 is 1.63 bits per heavy atom. The zero-order chi connectivity index (χ0) is 21.1. The topological polar surface area (TPSA) is 30.5 Å². The van der Waals surface area contributed by atoms with Gasteiger partial charge >= 0.3 is 171 Å². The summed E-state index contributed by atoms with van der Waals surface area (Å²) in [6.45, 7) is 13.2. The maximum atomic E-state index is 7.21. The number of rotatable bonds is 5. The molecule has 0 amide bonds. The van der Waals surface area contributed by atoms with Crippen molar-refractivity contribution in [3.05, 3.63) is 59.7 Å². The van der Waals surface area contributed by atoms with Crippen LogP contribution in [0.25, 0.3) is 11.1 Å². The Morgan fingerprint density at radius 2 is 1.30 bits per heavy atom. The second-order valence-electron chi connectivity index (χ2n) is 11.0. The molecule has 0 saturated heterocycles. The first-order valence-corrected chi connectivity index (χ1v) is 19.2. The molecular formula is C23H38Cl2NO2SiTi. The van der Waals surface area contributed by atoms with Gasteiger partial charge in [0.05, 0.1) is 0 Å². The van der Waals surface area contributed by atoms with Crippen LogP contribution >= 0.6 is 24.8 Å². The summed E-state index contributed by atoms with van der Waals surface area (Å²) in [4.78, 5) is 4.97. The molecule has 1 aliphatic carbocycles. The van der Waals surface area contributed by atoms with Crippen LogP contribution in [0.2, 0.25) is 24.9 Å². The monoisotopic (exact) mass is 506 g/mol. The van der Waals surface area contributed by atoms with Gasteiger partial charge in [-0.05, 0) is 0 Å². The Morgan fingerprint density at radius 1 is 0.900 bits per heavy atom. The summed E-state index contributed by atoms with van der Waals surface area (Å²) in [6, 6.07) is 17.3. The Balaban J connectivity index is 0.00000225. The summed E-state index contributed by atoms with van der Waals surface area (Å²) in [6.07, 6.45) is 0. The van der Waals surface area contributed by atoms with Gasteiger partial charge < -0.3 is 0 Å². The Hall–Kier alpha value is -0.299. The Labute approximate surface area is 195 Å². The molecule has 0 aromatic heterocycles. The summed E-state index contributed by atoms with van der Waals surface area (Å²) < 4.78 is 17.7. The molecule has 0 aliphatic heterocycles. The molecule has 2 aromatic rings. The van der Waals surface area contributed by atoms with Gasteiger partial charge in [0.15, 0.2) is 0 Å². The van der Waals surface area contributed by atoms with Crippen molar-refractivity contribution in [1.29, 1.82) is 0 Å². The molecule has 0 bridgehead atoms. The van der Waals surface area contributed by atoms with Crippen LogP contribution in [0.1, 0.15) is 36.1 Å². The third kappa shape index (κ3) is 4.72. The van der Waals surface area contributed by atoms with E-state index in [1.807, 2.05) is 0 Å². The van der Waals surface area contributed by atoms with Crippen LogP contribution < -0.4 is 3.80 Å². The number of halogens is 2. The average molecular weight is 507 g/mol. The van der Waals surface area contributed by atoms with Crippen molar-refractivity contribution in [3.63, 3.8) is 0 Å². The second-order valence-corrected chi connectivity index (χ2v) is 26.6. The van der Waals surface area contributed by atoms with Crippen LogP contribution in [0.4, 0.5) is 0 Å². The molecule has 1 N–H and O–H groups in total. The molecule has 0 heterocycles. The summed E-state index contributed by atoms with van der Waals surface area (Å²) in [5.74, 6) is 0. The van der Waals surface area contributed by atoms with Crippen molar-refractivity contribution >= 4 is 37.9 Å². The van der Waals surface area contributed by atoms with E-state index in [0.29, 0.717) is 0 Å². The van der Waals surface area contributed by atoms with Gasteiger partial charge in [0.1, 0.15) is 0 Å². The predicted molar refractivity (Wildman–Crippen MR) is 136 cm³/mol. The fraction of sp³-hybridized carbons (Fsp3) is 0.435. The van der Waals surface area contributed by atoms with Crippen LogP contribution in [0.15, 0.2) is 48.5 Å². The van der Waals surface area contributed by atoms with E-state index >= 15 is 0 Å². The minimum atomic E-state index is -5.11. The summed E-state index contributed by atoms with van der Waals surface area (Å²) in [5, 5.41) is 2.19. The summed E-state index contributed by atoms with van der Waals surface area (Å²) in [5.41, 5.74) is 4.80. The van der Waals surface area contributed by atoms with Crippen molar-refractivity contribution in [2.45, 2.75) is 55.4 Å². The molecule has 0 saturated carbocycles. The van der Waals surface area contributed by atoms with E-state index in [9.17, 15) is 0 Å². The zero-order valence-corrected chi connectivity index (χ0v) is 23.7. The van der Waals surface area contributed by atoms with E-state index in [1.54, 1.807) is 7.11 Å². The van der Waals surface area contributed by atoms with Crippen LogP contribution in [0, 0.1) is 0 Å². The number of fused-ring (bicyclic) bond motifs is 3. The van der Waals surface area contributed by atoms with Gasteiger partial charge in [-0.25, -0.2) is 0 Å². The van der Waals surface area contributed by atoms with Gasteiger partial charge in [-0.3, -0.25) is 0 Å². The van der Waals surface area contributed by atoms with E-state index in [-0.39, 0.29) is 34.6 Å². The van der Waals surface area contributed by atoms with E-state index in [1.165, 1.54) is 22.3 Å². The van der Waals surface area contributed by atoms with Crippen LogP contribution in [-0.4, -0.2) is 25.8 Å². The number of hydrogen-bond acceptors (Lipinski definition) is 3. The molecule has 169 valence electrons. The second kappa shape index (κ2) is 7.93. The molecule has 0 unspecified atom stereocenters. The van der Waals surface area contributed by atoms with Gasteiger partial charge in [0.2, 0.25) is 0 Å². The molecular weight excluding hydrogens is 469 g/mol. The summed E-state index contributed by atoms with van der Waals surface area (Å²) >= 11 is -5.11. The maximum absolute atomic E-state index is 7.21. The molecule has 0 spiro atoms. The first kappa shape index (κ1) is 27.7. The van der Waals surface area contributed by atoms with Crippen LogP contribution in [-0.2, 0) is 20.9 Å². The van der Waals surface area contributed by atoms with E-state index < -0.39 is 22.9 Å². The van der Waals surface area contributed by atoms with Crippen LogP contribution in [0.5, 0.6) is 0 Å². The third-order valence-corrected chi connectivity index (χ3v) is 21.1. The van der Waals surface area contributed by atoms with Gasteiger partial charge in [-0.15, -0.1) is 24.8 Å². The summed E-state index contributed by atoms with van der Waals surface area (Å²) in [7, 11) is -0.243. The normalized spacial score (nSPS) is 16.4. The Kier molecular flexibility index (Phi) is 7.33. The molecule has 0 fully saturated rings. The van der Waals surface area contributed by atoms with Gasteiger partial charge in [0, 0.05) is 0 Å². The van der Waals surface area contributed by atoms with Crippen molar-refractivity contribution < 1.29 is 20.9 Å². The quantitative estimate of drug-likeness (QED) is 0.445. The number of hydrogen-bond donors (Lipinski definition) is 1. The van der Waals surface area contributed by atoms with Crippen molar-refractivity contribution in [2.24, 2.45) is 0 Å². The first-order valence-electron chi connectivity index (χ1n) is 10.1. The average Bonchev–Trinajstić information content (AvgIpc) is 2.87. The zero-order valence-electron chi connectivity index (χ0n) is 19.5. The molecule has 30 heavy (non-hydrogen) atoms. The van der Waals surface area contributed by atoms with Crippen molar-refractivity contribution in [3.8, 4) is 11.1 Å². The van der Waals surface area contributed by atoms with Gasteiger partial charge in [-0.2, -0.15) is 0 Å². The first-order chi connectivity index (χ1) is 12.6. The fourth-order valence-electron chi connectivity index (χ4n) is 5.60. The third-order valence-electron chi connectivity index (χ3n) is 5.75. The molecule has 1 aliphatic rings. The number of nitrogens with one attached hydrogen (secondary N) is 1. The van der Waals surface area contributed by atoms with Gasteiger partial charge in [0.25, 0.3) is 0 Å². The van der Waals surface area contributed by atoms with E-state index in [4.69, 9.17) is 11.1 Å². The molecule has 7 heteroatoms. The fourth-order valence-corrected chi connectivity index (χ4v) is 26.3. The number of benzene rings is 2. The van der Waals surface area contributed by atoms with E-state index in [2.05, 4.69) is 98.0 Å². The molecule has 2 aromatic carbocycles. The van der Waals surface area contributed by atoms with Crippen molar-refractivity contribution in [1.82, 2.24) is 3.80 Å².